The minimum Gasteiger partial charge on any atom is -0.459 e. The van der Waals surface area contributed by atoms with Gasteiger partial charge in [-0.1, -0.05) is 50.3 Å². The highest BCUT2D eigenvalue weighted by molar-refractivity contribution is 7.91. The van der Waals surface area contributed by atoms with E-state index in [9.17, 15) is 27.6 Å². The molecule has 4 amide bonds. The van der Waals surface area contributed by atoms with Crippen LogP contribution in [0.4, 0.5) is 4.79 Å². The second-order valence-electron chi connectivity index (χ2n) is 19.1. The quantitative estimate of drug-likeness (QED) is 0.188. The summed E-state index contributed by atoms with van der Waals surface area (Å²) >= 11 is 1.62. The normalized spacial score (nSPS) is 26.6. The third kappa shape index (κ3) is 9.53. The lowest BCUT2D eigenvalue weighted by atomic mass is 9.87. The molecule has 62 heavy (non-hydrogen) atoms. The SMILES string of the molecule is CC(C)n1c(OC2CC3C(=O)NC4(C(=O)NS(=O)(=O)C5CC5)CC4C=CCCCCCC(NC(=O)OC(C)(C)C)C(=O)N3C2)nc2c(-c3nc(C4CCCCC4)cs3)cccc21. The van der Waals surface area contributed by atoms with Crippen molar-refractivity contribution in [1.29, 1.82) is 0 Å². The van der Waals surface area contributed by atoms with Gasteiger partial charge in [0.05, 0.1) is 23.0 Å². The van der Waals surface area contributed by atoms with E-state index >= 15 is 0 Å². The molecule has 336 valence electrons. The molecule has 8 rings (SSSR count). The van der Waals surface area contributed by atoms with E-state index in [1.165, 1.54) is 24.2 Å². The maximum absolute atomic E-state index is 14.7. The second-order valence-corrected chi connectivity index (χ2v) is 22.0. The first-order chi connectivity index (χ1) is 29.5. The highest BCUT2D eigenvalue weighted by Gasteiger charge is 2.62. The topological polar surface area (TPSA) is 191 Å². The molecule has 3 aromatic rings. The Balaban J connectivity index is 1.11. The van der Waals surface area contributed by atoms with Crippen molar-refractivity contribution in [2.75, 3.05) is 6.54 Å². The van der Waals surface area contributed by atoms with Crippen LogP contribution < -0.4 is 20.1 Å². The van der Waals surface area contributed by atoms with Crippen LogP contribution in [-0.2, 0) is 29.1 Å². The van der Waals surface area contributed by atoms with Crippen molar-refractivity contribution >= 4 is 56.2 Å². The number of fused-ring (bicyclic) bond motifs is 3. The van der Waals surface area contributed by atoms with Crippen LogP contribution in [0.25, 0.3) is 21.6 Å². The molecule has 2 aliphatic heterocycles. The van der Waals surface area contributed by atoms with Gasteiger partial charge in [-0.3, -0.25) is 23.7 Å². The van der Waals surface area contributed by atoms with Crippen LogP contribution in [-0.4, -0.2) is 92.8 Å². The number of benzene rings is 1. The largest absolute Gasteiger partial charge is 0.459 e. The zero-order chi connectivity index (χ0) is 44.0. The Hall–Kier alpha value is -4.51. The number of rotatable bonds is 9. The van der Waals surface area contributed by atoms with Crippen molar-refractivity contribution < 1.29 is 37.1 Å². The number of hydrogen-bond donors (Lipinski definition) is 3. The number of allylic oxidation sites excluding steroid dienone is 1. The van der Waals surface area contributed by atoms with E-state index in [4.69, 9.17) is 19.4 Å². The van der Waals surface area contributed by atoms with Gasteiger partial charge in [0, 0.05) is 35.2 Å². The monoisotopic (exact) mass is 891 g/mol. The Morgan fingerprint density at radius 2 is 1.74 bits per heavy atom. The van der Waals surface area contributed by atoms with Crippen LogP contribution in [0, 0.1) is 5.92 Å². The summed E-state index contributed by atoms with van der Waals surface area (Å²) in [5.41, 5.74) is 1.33. The fourth-order valence-electron chi connectivity index (χ4n) is 9.29. The summed E-state index contributed by atoms with van der Waals surface area (Å²) in [5.74, 6) is -1.83. The molecule has 17 heteroatoms. The van der Waals surface area contributed by atoms with Crippen LogP contribution in [0.1, 0.15) is 142 Å². The van der Waals surface area contributed by atoms with Gasteiger partial charge in [-0.2, -0.15) is 4.98 Å². The smallest absolute Gasteiger partial charge is 0.408 e. The third-order valence-electron chi connectivity index (χ3n) is 12.8. The molecule has 4 fully saturated rings. The molecule has 3 aliphatic carbocycles. The van der Waals surface area contributed by atoms with E-state index in [1.54, 1.807) is 32.1 Å². The Morgan fingerprint density at radius 3 is 2.47 bits per heavy atom. The molecule has 5 atom stereocenters. The average molecular weight is 892 g/mol. The van der Waals surface area contributed by atoms with Crippen LogP contribution in [0.3, 0.4) is 0 Å². The van der Waals surface area contributed by atoms with Crippen molar-refractivity contribution in [2.45, 2.75) is 171 Å². The molecule has 1 saturated heterocycles. The van der Waals surface area contributed by atoms with Crippen molar-refractivity contribution in [2.24, 2.45) is 5.92 Å². The number of hydrogen-bond acceptors (Lipinski definition) is 11. The van der Waals surface area contributed by atoms with Crippen molar-refractivity contribution in [3.8, 4) is 16.6 Å². The molecule has 0 spiro atoms. The van der Waals surface area contributed by atoms with Gasteiger partial charge in [-0.15, -0.1) is 11.3 Å². The number of nitrogens with one attached hydrogen (secondary N) is 3. The number of ether oxygens (including phenoxy) is 2. The molecular formula is C45H61N7O8S2. The van der Waals surface area contributed by atoms with Crippen molar-refractivity contribution in [3.63, 3.8) is 0 Å². The molecule has 4 heterocycles. The number of carbonyl (C=O) groups excluding carboxylic acids is 4. The lowest BCUT2D eigenvalue weighted by Crippen LogP contribution is -2.58. The first-order valence-corrected chi connectivity index (χ1v) is 24.9. The van der Waals surface area contributed by atoms with Gasteiger partial charge in [0.15, 0.2) is 0 Å². The summed E-state index contributed by atoms with van der Waals surface area (Å²) in [6.07, 6.45) is 12.8. The molecular weight excluding hydrogens is 831 g/mol. The molecule has 1 aromatic carbocycles. The molecule has 2 aromatic heterocycles. The number of aromatic nitrogens is 3. The predicted octanol–water partition coefficient (Wildman–Crippen LogP) is 7.03. The fourth-order valence-corrected chi connectivity index (χ4v) is 11.6. The first-order valence-electron chi connectivity index (χ1n) is 22.5. The summed E-state index contributed by atoms with van der Waals surface area (Å²) < 4.78 is 42.5. The number of para-hydroxylation sites is 1. The van der Waals surface area contributed by atoms with Crippen LogP contribution in [0.2, 0.25) is 0 Å². The van der Waals surface area contributed by atoms with E-state index in [-0.39, 0.29) is 25.4 Å². The van der Waals surface area contributed by atoms with Gasteiger partial charge in [-0.05, 0) is 98.1 Å². The molecule has 3 saturated carbocycles. The molecule has 5 unspecified atom stereocenters. The van der Waals surface area contributed by atoms with Gasteiger partial charge in [0.2, 0.25) is 21.8 Å². The van der Waals surface area contributed by atoms with Crippen LogP contribution >= 0.6 is 11.3 Å². The third-order valence-corrected chi connectivity index (χ3v) is 15.5. The Labute approximate surface area is 368 Å². The van der Waals surface area contributed by atoms with E-state index in [0.717, 1.165) is 53.0 Å². The highest BCUT2D eigenvalue weighted by atomic mass is 32.2. The predicted molar refractivity (Wildman–Crippen MR) is 236 cm³/mol. The van der Waals surface area contributed by atoms with Crippen LogP contribution in [0.15, 0.2) is 35.7 Å². The minimum absolute atomic E-state index is 0.00656. The van der Waals surface area contributed by atoms with Crippen molar-refractivity contribution in [3.05, 3.63) is 41.4 Å². The number of amides is 4. The second kappa shape index (κ2) is 17.6. The maximum atomic E-state index is 14.7. The van der Waals surface area contributed by atoms with E-state index in [1.807, 2.05) is 48.8 Å². The highest BCUT2D eigenvalue weighted by Crippen LogP contribution is 2.46. The van der Waals surface area contributed by atoms with Gasteiger partial charge >= 0.3 is 6.09 Å². The number of sulfonamides is 1. The molecule has 15 nitrogen and oxygen atoms in total. The number of nitrogens with zero attached hydrogens (tertiary/aromatic N) is 4. The van der Waals surface area contributed by atoms with Crippen LogP contribution in [0.5, 0.6) is 6.01 Å². The maximum Gasteiger partial charge on any atom is 0.408 e. The van der Waals surface area contributed by atoms with E-state index < -0.39 is 74.3 Å². The summed E-state index contributed by atoms with van der Waals surface area (Å²) in [6, 6.07) is 4.19. The fraction of sp³-hybridized carbons (Fsp3) is 0.644. The van der Waals surface area contributed by atoms with Gasteiger partial charge in [-0.25, -0.2) is 18.2 Å². The van der Waals surface area contributed by atoms with E-state index in [2.05, 4.69) is 20.7 Å². The number of thiazole rings is 1. The molecule has 3 N–H and O–H groups in total. The Kier molecular flexibility index (Phi) is 12.5. The molecule has 0 radical (unpaired) electrons. The lowest BCUT2D eigenvalue weighted by molar-refractivity contribution is -0.141. The number of alkyl carbamates (subject to hydrolysis) is 1. The lowest BCUT2D eigenvalue weighted by Gasteiger charge is -2.30. The minimum atomic E-state index is -3.90. The summed E-state index contributed by atoms with van der Waals surface area (Å²) in [5, 5.41) is 8.16. The van der Waals surface area contributed by atoms with Crippen molar-refractivity contribution in [1.82, 2.24) is 34.8 Å². The van der Waals surface area contributed by atoms with Gasteiger partial charge < -0.3 is 25.0 Å². The zero-order valence-corrected chi connectivity index (χ0v) is 38.1. The first kappa shape index (κ1) is 44.1. The Morgan fingerprint density at radius 1 is 1.00 bits per heavy atom. The van der Waals surface area contributed by atoms with E-state index in [0.29, 0.717) is 44.0 Å². The standard InChI is InChI=1S/C45H61N7O8S2/c1-27(2)52-35-20-14-18-32(39-46-34(26-61-39)28-15-10-9-11-16-28)37(35)48-42(52)59-30-23-36-38(53)49-45(41(55)50-62(57,58)31-21-22-31)24-29(45)17-12-7-6-8-13-19-33(40(54)51(36)25-30)47-43(56)60-44(3,4)5/h12,14,17-18,20,26-31,33,36H,6-11,13,15-16,19,21-25H2,1-5H3,(H,47,56)(H,49,53)(H,50,55). The zero-order valence-electron chi connectivity index (χ0n) is 36.5. The molecule has 0 bridgehead atoms. The number of imidazole rings is 1. The Bertz CT molecular complexity index is 2320. The summed E-state index contributed by atoms with van der Waals surface area (Å²) in [7, 11) is -3.90. The summed E-state index contributed by atoms with van der Waals surface area (Å²) in [6.45, 7) is 9.31. The average Bonchev–Trinajstić information content (AvgIpc) is 4.03. The molecule has 5 aliphatic rings. The van der Waals surface area contributed by atoms with Gasteiger partial charge in [0.25, 0.3) is 11.9 Å². The number of carbonyl (C=O) groups is 4. The summed E-state index contributed by atoms with van der Waals surface area (Å²) in [4.78, 5) is 68.0. The van der Waals surface area contributed by atoms with Gasteiger partial charge in [0.1, 0.15) is 39.9 Å².